The van der Waals surface area contributed by atoms with Crippen molar-refractivity contribution >= 4 is 76.9 Å². The van der Waals surface area contributed by atoms with Crippen molar-refractivity contribution in [1.29, 1.82) is 0 Å². The van der Waals surface area contributed by atoms with E-state index in [0.717, 1.165) is 33.4 Å². The molecule has 0 unspecified atom stereocenters. The molecule has 3 rings (SSSR count). The summed E-state index contributed by atoms with van der Waals surface area (Å²) < 4.78 is 6.29. The molecule has 3 aromatic carbocycles. The summed E-state index contributed by atoms with van der Waals surface area (Å²) in [5.74, 6) is 0. The topological polar surface area (TPSA) is 49.7 Å². The van der Waals surface area contributed by atoms with Crippen molar-refractivity contribution in [2.45, 2.75) is 61.7 Å². The molecule has 0 fully saturated rings. The van der Waals surface area contributed by atoms with Crippen molar-refractivity contribution in [2.24, 2.45) is 0 Å². The van der Waals surface area contributed by atoms with Crippen LogP contribution in [0.2, 0.25) is 0 Å². The number of hydrogen-bond acceptors (Lipinski definition) is 3. The van der Waals surface area contributed by atoms with E-state index in [-0.39, 0.29) is 0 Å². The number of rotatable bonds is 8. The zero-order valence-corrected chi connectivity index (χ0v) is 26.4. The third-order valence-corrected chi connectivity index (χ3v) is 7.99. The van der Waals surface area contributed by atoms with Crippen molar-refractivity contribution in [3.05, 3.63) is 103 Å². The second-order valence-electron chi connectivity index (χ2n) is 9.67. The highest BCUT2D eigenvalue weighted by Crippen LogP contribution is 2.54. The van der Waals surface area contributed by atoms with E-state index in [9.17, 15) is 10.0 Å². The van der Waals surface area contributed by atoms with Gasteiger partial charge >= 0.3 is 7.32 Å². The summed E-state index contributed by atoms with van der Waals surface area (Å²) in [7, 11) is -2.23. The number of alkyl halides is 6. The third-order valence-electron chi connectivity index (χ3n) is 6.57. The molecule has 2 N–H and O–H groups in total. The first-order valence-electron chi connectivity index (χ1n) is 11.8. The minimum atomic E-state index is -2.23. The lowest BCUT2D eigenvalue weighted by Crippen LogP contribution is -2.43. The van der Waals surface area contributed by atoms with E-state index in [1.165, 1.54) is 0 Å². The molecule has 0 amide bonds. The van der Waals surface area contributed by atoms with Crippen LogP contribution in [0.4, 0.5) is 0 Å². The summed E-state index contributed by atoms with van der Waals surface area (Å²) in [5.41, 5.74) is 6.29. The van der Waals surface area contributed by atoms with Crippen LogP contribution in [0, 0.1) is 41.5 Å². The lowest BCUT2D eigenvalue weighted by molar-refractivity contribution is 0.0784. The van der Waals surface area contributed by atoms with Crippen LogP contribution >= 0.6 is 69.6 Å². The highest BCUT2D eigenvalue weighted by Gasteiger charge is 2.49. The van der Waals surface area contributed by atoms with E-state index < -0.39 is 27.4 Å². The Kier molecular flexibility index (Phi) is 10.5. The highest BCUT2D eigenvalue weighted by atomic mass is 35.5. The van der Waals surface area contributed by atoms with Gasteiger partial charge in [0.05, 0.1) is 0 Å². The van der Waals surface area contributed by atoms with Gasteiger partial charge in [-0.1, -0.05) is 53.1 Å². The minimum absolute atomic E-state index is 0.510. The Morgan fingerprint density at radius 2 is 0.816 bits per heavy atom. The Hall–Kier alpha value is -0.655. The lowest BCUT2D eigenvalue weighted by atomic mass is 9.69. The van der Waals surface area contributed by atoms with Gasteiger partial charge in [-0.15, -0.1) is 69.6 Å². The molecule has 3 aromatic rings. The Morgan fingerprint density at radius 3 is 1.03 bits per heavy atom. The van der Waals surface area contributed by atoms with Crippen molar-refractivity contribution in [1.82, 2.24) is 0 Å². The van der Waals surface area contributed by atoms with Crippen molar-refractivity contribution < 1.29 is 14.7 Å². The largest absolute Gasteiger partial charge is 0.635 e. The van der Waals surface area contributed by atoms with Crippen LogP contribution in [-0.4, -0.2) is 17.4 Å². The van der Waals surface area contributed by atoms with Crippen LogP contribution in [0.25, 0.3) is 0 Å². The molecule has 204 valence electrons. The van der Waals surface area contributed by atoms with Gasteiger partial charge in [-0.25, -0.2) is 0 Å². The van der Waals surface area contributed by atoms with Crippen LogP contribution in [-0.2, 0) is 10.3 Å². The van der Waals surface area contributed by atoms with Crippen LogP contribution in [0.1, 0.15) is 81.3 Å². The molecule has 38 heavy (non-hydrogen) atoms. The van der Waals surface area contributed by atoms with E-state index in [1.54, 1.807) is 0 Å². The highest BCUT2D eigenvalue weighted by molar-refractivity contribution is 6.45. The fourth-order valence-electron chi connectivity index (χ4n) is 5.67. The van der Waals surface area contributed by atoms with Crippen molar-refractivity contribution in [2.75, 3.05) is 0 Å². The number of benzene rings is 3. The quantitative estimate of drug-likeness (QED) is 0.147. The van der Waals surface area contributed by atoms with Gasteiger partial charge in [-0.2, -0.15) is 0 Å². The van der Waals surface area contributed by atoms with Crippen LogP contribution < -0.4 is 0 Å². The molecule has 0 atom stereocenters. The van der Waals surface area contributed by atoms with Gasteiger partial charge in [0.15, 0.2) is 0 Å². The standard InChI is InChI=1S/C28H29BCl6O3/c1-13-7-16(4)22(19(10-13)25(30)31)28(38-29(36)37,23-17(5)8-14(2)11-20(23)26(32)33)24-18(6)9-15(3)12-21(24)27(34)35/h7-12,25-27,36-37H,1-6H3. The molecule has 0 aliphatic heterocycles. The SMILES string of the molecule is Cc1cc(C)c(C(OB(O)O)(c2c(C)cc(C)cc2C(Cl)Cl)c2c(C)cc(C)cc2C(Cl)Cl)c(C(Cl)Cl)c1. The number of hydrogen-bond donors (Lipinski definition) is 2. The van der Waals surface area contributed by atoms with Gasteiger partial charge in [-0.05, 0) is 74.9 Å². The minimum Gasteiger partial charge on any atom is -0.402 e. The van der Waals surface area contributed by atoms with Crippen LogP contribution in [0.3, 0.4) is 0 Å². The zero-order chi connectivity index (χ0) is 28.7. The Bertz CT molecular complexity index is 1190. The van der Waals surface area contributed by atoms with Crippen molar-refractivity contribution in [3.63, 3.8) is 0 Å². The van der Waals surface area contributed by atoms with Crippen LogP contribution in [0.5, 0.6) is 0 Å². The average Bonchev–Trinajstić information content (AvgIpc) is 2.76. The summed E-state index contributed by atoms with van der Waals surface area (Å²) in [5, 5.41) is 21.1. The fraction of sp³-hybridized carbons (Fsp3) is 0.357. The molecule has 0 radical (unpaired) electrons. The monoisotopic (exact) mass is 634 g/mol. The first-order chi connectivity index (χ1) is 17.6. The van der Waals surface area contributed by atoms with Gasteiger partial charge in [0.1, 0.15) is 20.1 Å². The van der Waals surface area contributed by atoms with E-state index in [2.05, 4.69) is 0 Å². The molecule has 0 saturated carbocycles. The summed E-state index contributed by atoms with van der Waals surface area (Å²) in [6.07, 6.45) is 0. The number of aryl methyl sites for hydroxylation is 6. The zero-order valence-electron chi connectivity index (χ0n) is 21.8. The van der Waals surface area contributed by atoms with Gasteiger partial charge in [-0.3, -0.25) is 0 Å². The van der Waals surface area contributed by atoms with E-state index in [4.69, 9.17) is 74.3 Å². The smallest absolute Gasteiger partial charge is 0.402 e. The predicted molar refractivity (Wildman–Crippen MR) is 162 cm³/mol. The van der Waals surface area contributed by atoms with Gasteiger partial charge < -0.3 is 14.7 Å². The summed E-state index contributed by atoms with van der Waals surface area (Å²) >= 11 is 39.5. The lowest BCUT2D eigenvalue weighted by Gasteiger charge is -2.43. The van der Waals surface area contributed by atoms with E-state index in [1.807, 2.05) is 77.9 Å². The summed E-state index contributed by atoms with van der Waals surface area (Å²) in [6.45, 7) is 11.4. The number of halogens is 6. The molecule has 0 aliphatic carbocycles. The second-order valence-corrected chi connectivity index (χ2v) is 13.0. The predicted octanol–water partition coefficient (Wildman–Crippen LogP) is 9.24. The molecule has 0 bridgehead atoms. The fourth-order valence-corrected chi connectivity index (χ4v) is 6.70. The molecule has 0 spiro atoms. The molecule has 3 nitrogen and oxygen atoms in total. The Morgan fingerprint density at radius 1 is 0.553 bits per heavy atom. The third kappa shape index (κ3) is 6.15. The molecule has 0 heterocycles. The van der Waals surface area contributed by atoms with E-state index in [0.29, 0.717) is 33.4 Å². The maximum atomic E-state index is 10.5. The van der Waals surface area contributed by atoms with Crippen molar-refractivity contribution in [3.8, 4) is 0 Å². The van der Waals surface area contributed by atoms with E-state index >= 15 is 0 Å². The second kappa shape index (κ2) is 12.5. The average molecular weight is 637 g/mol. The molecule has 0 aliphatic rings. The Balaban J connectivity index is 2.81. The summed E-state index contributed by atoms with van der Waals surface area (Å²) in [6, 6.07) is 11.4. The maximum Gasteiger partial charge on any atom is 0.635 e. The molecule has 0 aromatic heterocycles. The first-order valence-corrected chi connectivity index (χ1v) is 14.5. The normalized spacial score (nSPS) is 12.2. The van der Waals surface area contributed by atoms with Gasteiger partial charge in [0.25, 0.3) is 0 Å². The molecule has 0 saturated heterocycles. The summed E-state index contributed by atoms with van der Waals surface area (Å²) in [4.78, 5) is -2.97. The van der Waals surface area contributed by atoms with Crippen LogP contribution in [0.15, 0.2) is 36.4 Å². The van der Waals surface area contributed by atoms with Gasteiger partial charge in [0, 0.05) is 16.7 Å². The van der Waals surface area contributed by atoms with Gasteiger partial charge in [0.2, 0.25) is 0 Å². The molecular weight excluding hydrogens is 608 g/mol. The Labute approximate surface area is 255 Å². The maximum absolute atomic E-state index is 10.5. The molecular formula is C28H29BCl6O3. The molecule has 10 heteroatoms. The first kappa shape index (κ1) is 31.9.